The number of hydrogen-bond acceptors (Lipinski definition) is 4. The lowest BCUT2D eigenvalue weighted by molar-refractivity contribution is 0.0638. The first-order chi connectivity index (χ1) is 13.7. The smallest absolute Gasteiger partial charge is 0.274 e. The molecule has 28 heavy (non-hydrogen) atoms. The molecule has 1 heterocycles. The Hall–Kier alpha value is -2.50. The molecule has 4 nitrogen and oxygen atoms in total. The van der Waals surface area contributed by atoms with Crippen molar-refractivity contribution in [3.63, 3.8) is 0 Å². The molecule has 0 aliphatic heterocycles. The summed E-state index contributed by atoms with van der Waals surface area (Å²) < 4.78 is 0. The molecule has 0 radical (unpaired) electrons. The summed E-state index contributed by atoms with van der Waals surface area (Å²) in [5.74, 6) is 0.479. The average molecular weight is 392 g/mol. The van der Waals surface area contributed by atoms with E-state index in [9.17, 15) is 4.79 Å². The van der Waals surface area contributed by atoms with E-state index < -0.39 is 0 Å². The van der Waals surface area contributed by atoms with Crippen LogP contribution in [0.3, 0.4) is 0 Å². The van der Waals surface area contributed by atoms with Gasteiger partial charge in [-0.3, -0.25) is 4.79 Å². The highest BCUT2D eigenvalue weighted by Gasteiger charge is 2.38. The quantitative estimate of drug-likeness (QED) is 0.645. The molecule has 1 fully saturated rings. The summed E-state index contributed by atoms with van der Waals surface area (Å²) in [6.07, 6.45) is 2.28. The van der Waals surface area contributed by atoms with E-state index in [1.807, 2.05) is 60.4 Å². The van der Waals surface area contributed by atoms with Gasteiger partial charge in [0.1, 0.15) is 5.69 Å². The van der Waals surface area contributed by atoms with E-state index in [1.54, 1.807) is 11.3 Å². The zero-order valence-corrected chi connectivity index (χ0v) is 16.9. The molecule has 2 N–H and O–H groups in total. The predicted octanol–water partition coefficient (Wildman–Crippen LogP) is 4.50. The minimum absolute atomic E-state index is 0.0191. The summed E-state index contributed by atoms with van der Waals surface area (Å²) in [5.41, 5.74) is 8.82. The van der Waals surface area contributed by atoms with E-state index in [0.717, 1.165) is 33.9 Å². The van der Waals surface area contributed by atoms with Crippen molar-refractivity contribution in [1.82, 2.24) is 9.88 Å². The van der Waals surface area contributed by atoms with Crippen LogP contribution in [-0.2, 0) is 6.54 Å². The Kier molecular flexibility index (Phi) is 5.55. The van der Waals surface area contributed by atoms with Crippen molar-refractivity contribution >= 4 is 17.2 Å². The summed E-state index contributed by atoms with van der Waals surface area (Å²) in [7, 11) is 0. The van der Waals surface area contributed by atoms with E-state index in [-0.39, 0.29) is 11.9 Å². The minimum atomic E-state index is -0.0191. The van der Waals surface area contributed by atoms with Crippen molar-refractivity contribution in [2.45, 2.75) is 32.4 Å². The Morgan fingerprint density at radius 1 is 1.14 bits per heavy atom. The second-order valence-corrected chi connectivity index (χ2v) is 8.54. The zero-order valence-electron chi connectivity index (χ0n) is 16.0. The van der Waals surface area contributed by atoms with E-state index in [0.29, 0.717) is 24.7 Å². The highest BCUT2D eigenvalue weighted by atomic mass is 32.1. The topological polar surface area (TPSA) is 59.2 Å². The number of benzene rings is 2. The van der Waals surface area contributed by atoms with Crippen LogP contribution in [0.5, 0.6) is 0 Å². The van der Waals surface area contributed by atoms with Gasteiger partial charge in [-0.2, -0.15) is 0 Å². The van der Waals surface area contributed by atoms with Crippen molar-refractivity contribution in [3.05, 3.63) is 76.9 Å². The summed E-state index contributed by atoms with van der Waals surface area (Å²) in [4.78, 5) is 21.2. The molecule has 4 rings (SSSR count). The fraction of sp³-hybridized carbons (Fsp3) is 0.304. The second-order valence-electron chi connectivity index (χ2n) is 7.34. The first-order valence-corrected chi connectivity index (χ1v) is 10.6. The standard InChI is InChI=1S/C23H25N3OS/c1-16-25-21(22(28-16)19-10-6-3-7-11-19)23(27)26(20(14-24)18-12-13-18)15-17-8-4-2-5-9-17/h2-11,18,20H,12-15,24H2,1H3. The van der Waals surface area contributed by atoms with Crippen LogP contribution in [0.1, 0.15) is 33.9 Å². The van der Waals surface area contributed by atoms with Crippen molar-refractivity contribution in [1.29, 1.82) is 0 Å². The molecule has 2 aromatic carbocycles. The summed E-state index contributed by atoms with van der Waals surface area (Å²) in [6, 6.07) is 20.2. The third-order valence-electron chi connectivity index (χ3n) is 5.24. The molecule has 0 bridgehead atoms. The van der Waals surface area contributed by atoms with Gasteiger partial charge in [0.05, 0.1) is 9.88 Å². The van der Waals surface area contributed by atoms with Gasteiger partial charge >= 0.3 is 0 Å². The molecule has 1 unspecified atom stereocenters. The van der Waals surface area contributed by atoms with Crippen molar-refractivity contribution < 1.29 is 4.79 Å². The number of amides is 1. The Morgan fingerprint density at radius 3 is 2.39 bits per heavy atom. The molecule has 1 atom stereocenters. The number of aryl methyl sites for hydroxylation is 1. The first kappa shape index (κ1) is 18.8. The van der Waals surface area contributed by atoms with Crippen molar-refractivity contribution in [2.75, 3.05) is 6.54 Å². The van der Waals surface area contributed by atoms with Gasteiger partial charge in [-0.05, 0) is 36.8 Å². The Bertz CT molecular complexity index is 935. The summed E-state index contributed by atoms with van der Waals surface area (Å²) in [6.45, 7) is 2.99. The van der Waals surface area contributed by atoms with Crippen LogP contribution >= 0.6 is 11.3 Å². The molecule has 1 aliphatic carbocycles. The molecule has 144 valence electrons. The van der Waals surface area contributed by atoms with E-state index in [4.69, 9.17) is 5.73 Å². The maximum atomic E-state index is 13.7. The zero-order chi connectivity index (χ0) is 19.5. The lowest BCUT2D eigenvalue weighted by Crippen LogP contribution is -2.45. The lowest BCUT2D eigenvalue weighted by atomic mass is 10.1. The Morgan fingerprint density at radius 2 is 1.79 bits per heavy atom. The number of hydrogen-bond donors (Lipinski definition) is 1. The number of carbonyl (C=O) groups excluding carboxylic acids is 1. The highest BCUT2D eigenvalue weighted by molar-refractivity contribution is 7.15. The van der Waals surface area contributed by atoms with Gasteiger partial charge in [-0.25, -0.2) is 4.98 Å². The van der Waals surface area contributed by atoms with Crippen LogP contribution in [0, 0.1) is 12.8 Å². The molecule has 0 spiro atoms. The number of nitrogens with two attached hydrogens (primary N) is 1. The van der Waals surface area contributed by atoms with Crippen LogP contribution in [0.15, 0.2) is 60.7 Å². The normalized spacial score (nSPS) is 14.6. The maximum Gasteiger partial charge on any atom is 0.274 e. The number of aromatic nitrogens is 1. The van der Waals surface area contributed by atoms with Crippen LogP contribution in [0.2, 0.25) is 0 Å². The third-order valence-corrected chi connectivity index (χ3v) is 6.26. The van der Waals surface area contributed by atoms with Gasteiger partial charge in [0.2, 0.25) is 0 Å². The fourth-order valence-electron chi connectivity index (χ4n) is 3.67. The second kappa shape index (κ2) is 8.25. The number of thiazole rings is 1. The highest BCUT2D eigenvalue weighted by Crippen LogP contribution is 2.37. The molecule has 1 aromatic heterocycles. The minimum Gasteiger partial charge on any atom is -0.328 e. The molecular formula is C23H25N3OS. The van der Waals surface area contributed by atoms with Crippen LogP contribution < -0.4 is 5.73 Å². The maximum absolute atomic E-state index is 13.7. The molecule has 1 aliphatic rings. The fourth-order valence-corrected chi connectivity index (χ4v) is 4.58. The largest absolute Gasteiger partial charge is 0.328 e. The first-order valence-electron chi connectivity index (χ1n) is 9.75. The molecule has 1 amide bonds. The lowest BCUT2D eigenvalue weighted by Gasteiger charge is -2.31. The Balaban J connectivity index is 1.71. The van der Waals surface area contributed by atoms with E-state index in [2.05, 4.69) is 17.1 Å². The van der Waals surface area contributed by atoms with Gasteiger partial charge in [-0.1, -0.05) is 60.7 Å². The average Bonchev–Trinajstić information content (AvgIpc) is 3.49. The number of carbonyl (C=O) groups is 1. The van der Waals surface area contributed by atoms with Gasteiger partial charge in [0, 0.05) is 19.1 Å². The van der Waals surface area contributed by atoms with Gasteiger partial charge in [-0.15, -0.1) is 11.3 Å². The summed E-state index contributed by atoms with van der Waals surface area (Å²) in [5, 5.41) is 0.901. The predicted molar refractivity (Wildman–Crippen MR) is 114 cm³/mol. The third kappa shape index (κ3) is 4.01. The van der Waals surface area contributed by atoms with E-state index >= 15 is 0 Å². The van der Waals surface area contributed by atoms with Crippen LogP contribution in [0.4, 0.5) is 0 Å². The monoisotopic (exact) mass is 391 g/mol. The van der Waals surface area contributed by atoms with Crippen molar-refractivity contribution in [3.8, 4) is 10.4 Å². The van der Waals surface area contributed by atoms with Crippen LogP contribution in [-0.4, -0.2) is 28.4 Å². The Labute approximate surface area is 170 Å². The SMILES string of the molecule is Cc1nc(C(=O)N(Cc2ccccc2)C(CN)C2CC2)c(-c2ccccc2)s1. The van der Waals surface area contributed by atoms with Crippen LogP contribution in [0.25, 0.3) is 10.4 Å². The van der Waals surface area contributed by atoms with Crippen molar-refractivity contribution in [2.24, 2.45) is 11.7 Å². The molecule has 3 aromatic rings. The number of rotatable bonds is 7. The molecule has 0 saturated heterocycles. The van der Waals surface area contributed by atoms with Gasteiger partial charge < -0.3 is 10.6 Å². The summed E-state index contributed by atoms with van der Waals surface area (Å²) >= 11 is 1.57. The molecular weight excluding hydrogens is 366 g/mol. The van der Waals surface area contributed by atoms with Gasteiger partial charge in [0.25, 0.3) is 5.91 Å². The number of nitrogens with zero attached hydrogens (tertiary/aromatic N) is 2. The van der Waals surface area contributed by atoms with E-state index in [1.165, 1.54) is 0 Å². The molecule has 5 heteroatoms. The molecule has 1 saturated carbocycles. The van der Waals surface area contributed by atoms with Gasteiger partial charge in [0.15, 0.2) is 0 Å².